The monoisotopic (exact) mass is 417 g/mol. The average Bonchev–Trinajstić information content (AvgIpc) is 3.38. The van der Waals surface area contributed by atoms with Crippen LogP contribution in [0.25, 0.3) is 11.5 Å². The number of hydrogen-bond donors (Lipinski definition) is 2. The van der Waals surface area contributed by atoms with Crippen molar-refractivity contribution < 1.29 is 4.79 Å². The van der Waals surface area contributed by atoms with Gasteiger partial charge in [0.25, 0.3) is 5.91 Å². The van der Waals surface area contributed by atoms with E-state index in [4.69, 9.17) is 0 Å². The highest BCUT2D eigenvalue weighted by Crippen LogP contribution is 2.13. The zero-order valence-corrected chi connectivity index (χ0v) is 17.6. The number of aromatic nitrogens is 7. The van der Waals surface area contributed by atoms with Gasteiger partial charge in [0.1, 0.15) is 11.6 Å². The van der Waals surface area contributed by atoms with Crippen molar-refractivity contribution >= 4 is 11.7 Å². The van der Waals surface area contributed by atoms with Crippen LogP contribution in [0.15, 0.2) is 48.7 Å². The van der Waals surface area contributed by atoms with E-state index in [0.29, 0.717) is 30.5 Å². The molecule has 0 spiro atoms. The molecule has 0 aliphatic rings. The van der Waals surface area contributed by atoms with E-state index < -0.39 is 0 Å². The van der Waals surface area contributed by atoms with Crippen molar-refractivity contribution in [1.29, 1.82) is 0 Å². The first-order chi connectivity index (χ1) is 15.0. The molecule has 0 aliphatic carbocycles. The number of benzene rings is 1. The molecule has 0 fully saturated rings. The predicted octanol–water partition coefficient (Wildman–Crippen LogP) is 2.01. The van der Waals surface area contributed by atoms with Gasteiger partial charge in [-0.25, -0.2) is 14.6 Å². The highest BCUT2D eigenvalue weighted by atomic mass is 16.2. The normalized spacial score (nSPS) is 10.8. The van der Waals surface area contributed by atoms with E-state index >= 15 is 0 Å². The summed E-state index contributed by atoms with van der Waals surface area (Å²) in [5, 5.41) is 18.9. The van der Waals surface area contributed by atoms with Crippen LogP contribution in [0.4, 0.5) is 5.82 Å². The highest BCUT2D eigenvalue weighted by Gasteiger charge is 2.11. The molecule has 31 heavy (non-hydrogen) atoms. The summed E-state index contributed by atoms with van der Waals surface area (Å²) in [7, 11) is 0. The molecule has 0 bridgehead atoms. The first kappa shape index (κ1) is 20.2. The minimum atomic E-state index is -0.286. The van der Waals surface area contributed by atoms with Crippen LogP contribution < -0.4 is 10.6 Å². The SMILES string of the molecule is Cc1cc(C)n(-c2cc(NCCNC(=O)c3cnn(-c4ccccc4)n3)nc(C)n2)n1. The third kappa shape index (κ3) is 4.74. The summed E-state index contributed by atoms with van der Waals surface area (Å²) in [6.07, 6.45) is 1.45. The molecular weight excluding hydrogens is 394 g/mol. The molecular formula is C21H23N9O. The topological polar surface area (TPSA) is 115 Å². The van der Waals surface area contributed by atoms with Gasteiger partial charge < -0.3 is 10.6 Å². The number of para-hydroxylation sites is 1. The number of carbonyl (C=O) groups excluding carboxylic acids is 1. The van der Waals surface area contributed by atoms with Crippen LogP contribution in [-0.2, 0) is 0 Å². The van der Waals surface area contributed by atoms with Crippen molar-refractivity contribution in [3.8, 4) is 11.5 Å². The molecule has 0 saturated carbocycles. The lowest BCUT2D eigenvalue weighted by Crippen LogP contribution is -2.29. The Bertz CT molecular complexity index is 1200. The van der Waals surface area contributed by atoms with Gasteiger partial charge in [-0.2, -0.15) is 15.0 Å². The highest BCUT2D eigenvalue weighted by molar-refractivity contribution is 5.91. The summed E-state index contributed by atoms with van der Waals surface area (Å²) >= 11 is 0. The fraction of sp³-hybridized carbons (Fsp3) is 0.238. The van der Waals surface area contributed by atoms with E-state index in [1.54, 1.807) is 4.68 Å². The Hall–Kier alpha value is -4.08. The summed E-state index contributed by atoms with van der Waals surface area (Å²) in [6, 6.07) is 13.3. The second-order valence-electron chi connectivity index (χ2n) is 7.03. The van der Waals surface area contributed by atoms with E-state index in [9.17, 15) is 4.79 Å². The fourth-order valence-corrected chi connectivity index (χ4v) is 3.12. The number of aryl methyl sites for hydroxylation is 3. The van der Waals surface area contributed by atoms with Crippen molar-refractivity contribution in [2.45, 2.75) is 20.8 Å². The summed E-state index contributed by atoms with van der Waals surface area (Å²) in [5.41, 5.74) is 2.97. The van der Waals surface area contributed by atoms with Gasteiger partial charge in [0.2, 0.25) is 0 Å². The standard InChI is InChI=1S/C21H23N9O/c1-14-11-15(2)29(27-14)20-12-19(25-16(3)26-20)22-9-10-23-21(31)18-13-24-30(28-18)17-7-5-4-6-8-17/h4-8,11-13H,9-10H2,1-3H3,(H,23,31)(H,22,25,26). The third-order valence-electron chi connectivity index (χ3n) is 4.48. The first-order valence-electron chi connectivity index (χ1n) is 9.89. The molecule has 3 heterocycles. The van der Waals surface area contributed by atoms with Crippen molar-refractivity contribution in [1.82, 2.24) is 40.1 Å². The number of rotatable bonds is 7. The van der Waals surface area contributed by atoms with E-state index in [1.807, 2.05) is 63.2 Å². The van der Waals surface area contributed by atoms with Crippen LogP contribution in [-0.4, -0.2) is 53.7 Å². The number of nitrogens with zero attached hydrogens (tertiary/aromatic N) is 7. The van der Waals surface area contributed by atoms with Crippen molar-refractivity contribution in [3.63, 3.8) is 0 Å². The third-order valence-corrected chi connectivity index (χ3v) is 4.48. The number of carbonyl (C=O) groups is 1. The molecule has 0 aliphatic heterocycles. The summed E-state index contributed by atoms with van der Waals surface area (Å²) in [6.45, 7) is 6.64. The molecule has 4 rings (SSSR count). The van der Waals surface area contributed by atoms with E-state index in [1.165, 1.54) is 11.0 Å². The molecule has 3 aromatic heterocycles. The zero-order valence-electron chi connectivity index (χ0n) is 17.6. The second kappa shape index (κ2) is 8.74. The first-order valence-corrected chi connectivity index (χ1v) is 9.89. The Morgan fingerprint density at radius 3 is 2.55 bits per heavy atom. The van der Waals surface area contributed by atoms with E-state index in [-0.39, 0.29) is 11.6 Å². The maximum atomic E-state index is 12.3. The van der Waals surface area contributed by atoms with Crippen LogP contribution >= 0.6 is 0 Å². The van der Waals surface area contributed by atoms with Crippen LogP contribution in [0, 0.1) is 20.8 Å². The molecule has 10 nitrogen and oxygen atoms in total. The minimum Gasteiger partial charge on any atom is -0.368 e. The quantitative estimate of drug-likeness (QED) is 0.442. The summed E-state index contributed by atoms with van der Waals surface area (Å²) in [5.74, 6) is 1.71. The van der Waals surface area contributed by atoms with Gasteiger partial charge in [0.15, 0.2) is 11.5 Å². The zero-order chi connectivity index (χ0) is 21.8. The lowest BCUT2D eigenvalue weighted by atomic mass is 10.3. The Labute approximate surface area is 179 Å². The van der Waals surface area contributed by atoms with Gasteiger partial charge in [0.05, 0.1) is 17.6 Å². The number of hydrogen-bond acceptors (Lipinski definition) is 7. The van der Waals surface area contributed by atoms with Gasteiger partial charge in [-0.05, 0) is 39.0 Å². The molecule has 0 saturated heterocycles. The smallest absolute Gasteiger partial charge is 0.273 e. The lowest BCUT2D eigenvalue weighted by Gasteiger charge is -2.10. The maximum Gasteiger partial charge on any atom is 0.273 e. The van der Waals surface area contributed by atoms with Gasteiger partial charge in [0, 0.05) is 24.8 Å². The Kier molecular flexibility index (Phi) is 5.69. The molecule has 1 amide bonds. The molecule has 0 atom stereocenters. The van der Waals surface area contributed by atoms with Gasteiger partial charge in [-0.1, -0.05) is 18.2 Å². The molecule has 0 unspecified atom stereocenters. The molecule has 2 N–H and O–H groups in total. The number of nitrogens with one attached hydrogen (secondary N) is 2. The maximum absolute atomic E-state index is 12.3. The molecule has 1 aromatic carbocycles. The molecule has 10 heteroatoms. The van der Waals surface area contributed by atoms with Gasteiger partial charge in [-0.3, -0.25) is 4.79 Å². The largest absolute Gasteiger partial charge is 0.368 e. The fourth-order valence-electron chi connectivity index (χ4n) is 3.12. The Morgan fingerprint density at radius 2 is 1.81 bits per heavy atom. The molecule has 4 aromatic rings. The van der Waals surface area contributed by atoms with Gasteiger partial charge in [-0.15, -0.1) is 5.10 Å². The van der Waals surface area contributed by atoms with Gasteiger partial charge >= 0.3 is 0 Å². The van der Waals surface area contributed by atoms with Crippen LogP contribution in [0.3, 0.4) is 0 Å². The second-order valence-corrected chi connectivity index (χ2v) is 7.03. The average molecular weight is 417 g/mol. The van der Waals surface area contributed by atoms with Crippen molar-refractivity contribution in [3.05, 3.63) is 71.6 Å². The van der Waals surface area contributed by atoms with Crippen molar-refractivity contribution in [2.75, 3.05) is 18.4 Å². The van der Waals surface area contributed by atoms with Crippen LogP contribution in [0.2, 0.25) is 0 Å². The number of amides is 1. The van der Waals surface area contributed by atoms with E-state index in [2.05, 4.69) is 35.9 Å². The van der Waals surface area contributed by atoms with Crippen LogP contribution in [0.5, 0.6) is 0 Å². The predicted molar refractivity (Wildman–Crippen MR) is 116 cm³/mol. The minimum absolute atomic E-state index is 0.258. The number of anilines is 1. The molecule has 0 radical (unpaired) electrons. The summed E-state index contributed by atoms with van der Waals surface area (Å²) < 4.78 is 1.78. The van der Waals surface area contributed by atoms with Crippen LogP contribution in [0.1, 0.15) is 27.7 Å². The van der Waals surface area contributed by atoms with Crippen molar-refractivity contribution in [2.24, 2.45) is 0 Å². The Balaban J connectivity index is 1.33. The summed E-state index contributed by atoms with van der Waals surface area (Å²) in [4.78, 5) is 22.6. The van der Waals surface area contributed by atoms with E-state index in [0.717, 1.165) is 17.1 Å². The lowest BCUT2D eigenvalue weighted by molar-refractivity contribution is 0.0949. The molecule has 158 valence electrons. The Morgan fingerprint density at radius 1 is 1.00 bits per heavy atom.